The van der Waals surface area contributed by atoms with Gasteiger partial charge in [-0.3, -0.25) is 4.79 Å². The quantitative estimate of drug-likeness (QED) is 0.721. The lowest BCUT2D eigenvalue weighted by Gasteiger charge is -2.20. The molecule has 0 unspecified atom stereocenters. The van der Waals surface area contributed by atoms with Crippen molar-refractivity contribution in [2.75, 3.05) is 6.61 Å². The smallest absolute Gasteiger partial charge is 0.251 e. The molecule has 3 nitrogen and oxygen atoms in total. The molecule has 0 aliphatic carbocycles. The third kappa shape index (κ3) is 4.71. The molecule has 1 rings (SSSR count). The van der Waals surface area contributed by atoms with E-state index in [4.69, 9.17) is 5.11 Å². The topological polar surface area (TPSA) is 49.3 Å². The van der Waals surface area contributed by atoms with Crippen LogP contribution in [0.3, 0.4) is 0 Å². The predicted octanol–water partition coefficient (Wildman–Crippen LogP) is 1.56. The Morgan fingerprint density at radius 2 is 2.12 bits per heavy atom. The number of amides is 1. The van der Waals surface area contributed by atoms with Crippen molar-refractivity contribution in [3.05, 3.63) is 35.4 Å². The molecule has 1 aromatic rings. The third-order valence-electron chi connectivity index (χ3n) is 1.93. The summed E-state index contributed by atoms with van der Waals surface area (Å²) in [5.74, 6) is 5.20. The summed E-state index contributed by atoms with van der Waals surface area (Å²) in [6, 6.07) is 7.03. The number of nitrogens with one attached hydrogen (secondary N) is 1. The molecule has 1 amide bonds. The van der Waals surface area contributed by atoms with Crippen LogP contribution in [0.25, 0.3) is 0 Å². The molecule has 90 valence electrons. The van der Waals surface area contributed by atoms with E-state index < -0.39 is 0 Å². The molecule has 0 spiro atoms. The molecule has 0 aliphatic heterocycles. The number of benzene rings is 1. The summed E-state index contributed by atoms with van der Waals surface area (Å²) in [4.78, 5) is 11.9. The van der Waals surface area contributed by atoms with Gasteiger partial charge in [0.15, 0.2) is 0 Å². The minimum absolute atomic E-state index is 0.120. The van der Waals surface area contributed by atoms with Crippen molar-refractivity contribution in [2.24, 2.45) is 0 Å². The van der Waals surface area contributed by atoms with Gasteiger partial charge in [0, 0.05) is 16.7 Å². The van der Waals surface area contributed by atoms with Gasteiger partial charge < -0.3 is 10.4 Å². The molecule has 0 radical (unpaired) electrons. The summed E-state index contributed by atoms with van der Waals surface area (Å²) in [6.07, 6.45) is 0. The molecular weight excluding hydrogens is 214 g/mol. The fourth-order valence-electron chi connectivity index (χ4n) is 1.29. The maximum Gasteiger partial charge on any atom is 0.251 e. The van der Waals surface area contributed by atoms with Gasteiger partial charge in [-0.15, -0.1) is 0 Å². The summed E-state index contributed by atoms with van der Waals surface area (Å²) in [5, 5.41) is 11.5. The Balaban J connectivity index is 2.88. The zero-order valence-corrected chi connectivity index (χ0v) is 10.4. The first-order valence-corrected chi connectivity index (χ1v) is 5.45. The number of hydrogen-bond donors (Lipinski definition) is 2. The zero-order chi connectivity index (χ0) is 12.9. The molecule has 17 heavy (non-hydrogen) atoms. The highest BCUT2D eigenvalue weighted by Crippen LogP contribution is 2.07. The zero-order valence-electron chi connectivity index (χ0n) is 10.4. The van der Waals surface area contributed by atoms with Gasteiger partial charge in [-0.25, -0.2) is 0 Å². The van der Waals surface area contributed by atoms with E-state index in [1.54, 1.807) is 24.3 Å². The van der Waals surface area contributed by atoms with Crippen LogP contribution in [0.1, 0.15) is 36.7 Å². The van der Waals surface area contributed by atoms with Gasteiger partial charge >= 0.3 is 0 Å². The largest absolute Gasteiger partial charge is 0.384 e. The Hall–Kier alpha value is -1.79. The van der Waals surface area contributed by atoms with Gasteiger partial charge in [-0.1, -0.05) is 17.9 Å². The third-order valence-corrected chi connectivity index (χ3v) is 1.93. The van der Waals surface area contributed by atoms with Gasteiger partial charge in [-0.05, 0) is 39.0 Å². The van der Waals surface area contributed by atoms with E-state index in [0.29, 0.717) is 5.56 Å². The number of hydrogen-bond acceptors (Lipinski definition) is 2. The monoisotopic (exact) mass is 231 g/mol. The van der Waals surface area contributed by atoms with Crippen LogP contribution < -0.4 is 5.32 Å². The standard InChI is InChI=1S/C14H17NO2/c1-14(2,3)15-13(17)12-8-4-6-11(10-12)7-5-9-16/h4,6,8,10,16H,9H2,1-3H3,(H,15,17). The van der Waals surface area contributed by atoms with Crippen molar-refractivity contribution >= 4 is 5.91 Å². The Morgan fingerprint density at radius 3 is 2.71 bits per heavy atom. The fraction of sp³-hybridized carbons (Fsp3) is 0.357. The van der Waals surface area contributed by atoms with E-state index in [1.165, 1.54) is 0 Å². The second-order valence-corrected chi connectivity index (χ2v) is 4.74. The summed E-state index contributed by atoms with van der Waals surface area (Å²) in [6.45, 7) is 5.61. The second kappa shape index (κ2) is 5.51. The molecule has 0 atom stereocenters. The van der Waals surface area contributed by atoms with Crippen molar-refractivity contribution in [3.63, 3.8) is 0 Å². The molecule has 0 bridgehead atoms. The minimum atomic E-state index is -0.260. The highest BCUT2D eigenvalue weighted by atomic mass is 16.2. The van der Waals surface area contributed by atoms with E-state index in [1.807, 2.05) is 20.8 Å². The van der Waals surface area contributed by atoms with Crippen LogP contribution in [-0.2, 0) is 0 Å². The summed E-state index contributed by atoms with van der Waals surface area (Å²) in [5.41, 5.74) is 1.04. The lowest BCUT2D eigenvalue weighted by atomic mass is 10.1. The molecular formula is C14H17NO2. The van der Waals surface area contributed by atoms with Crippen LogP contribution in [0, 0.1) is 11.8 Å². The average molecular weight is 231 g/mol. The van der Waals surface area contributed by atoms with E-state index in [-0.39, 0.29) is 18.1 Å². The minimum Gasteiger partial charge on any atom is -0.384 e. The highest BCUT2D eigenvalue weighted by Gasteiger charge is 2.14. The van der Waals surface area contributed by atoms with Gasteiger partial charge in [0.05, 0.1) is 0 Å². The number of aliphatic hydroxyl groups is 1. The SMILES string of the molecule is CC(C)(C)NC(=O)c1cccc(C#CCO)c1. The Bertz CT molecular complexity index is 461. The van der Waals surface area contributed by atoms with Crippen molar-refractivity contribution in [1.29, 1.82) is 0 Å². The average Bonchev–Trinajstić information content (AvgIpc) is 2.24. The first-order chi connectivity index (χ1) is 7.92. The Kier molecular flexibility index (Phi) is 4.30. The van der Waals surface area contributed by atoms with Crippen LogP contribution in [0.4, 0.5) is 0 Å². The van der Waals surface area contributed by atoms with Crippen LogP contribution in [-0.4, -0.2) is 23.2 Å². The maximum absolute atomic E-state index is 11.9. The highest BCUT2D eigenvalue weighted by molar-refractivity contribution is 5.94. The summed E-state index contributed by atoms with van der Waals surface area (Å²) in [7, 11) is 0. The number of aliphatic hydroxyl groups excluding tert-OH is 1. The van der Waals surface area contributed by atoms with E-state index >= 15 is 0 Å². The first kappa shape index (κ1) is 13.3. The van der Waals surface area contributed by atoms with Crippen molar-refractivity contribution < 1.29 is 9.90 Å². The number of carbonyl (C=O) groups excluding carboxylic acids is 1. The normalized spacial score (nSPS) is 10.4. The van der Waals surface area contributed by atoms with E-state index in [9.17, 15) is 4.79 Å². The summed E-state index contributed by atoms with van der Waals surface area (Å²) < 4.78 is 0. The van der Waals surface area contributed by atoms with Crippen LogP contribution in [0.2, 0.25) is 0 Å². The molecule has 0 fully saturated rings. The molecule has 3 heteroatoms. The van der Waals surface area contributed by atoms with Crippen LogP contribution in [0.5, 0.6) is 0 Å². The van der Waals surface area contributed by atoms with E-state index in [2.05, 4.69) is 17.2 Å². The number of carbonyl (C=O) groups is 1. The fourth-order valence-corrected chi connectivity index (χ4v) is 1.29. The molecule has 1 aromatic carbocycles. The second-order valence-electron chi connectivity index (χ2n) is 4.74. The lowest BCUT2D eigenvalue weighted by molar-refractivity contribution is 0.0919. The molecule has 0 aromatic heterocycles. The number of rotatable bonds is 1. The van der Waals surface area contributed by atoms with Gasteiger partial charge in [-0.2, -0.15) is 0 Å². The summed E-state index contributed by atoms with van der Waals surface area (Å²) >= 11 is 0. The lowest BCUT2D eigenvalue weighted by Crippen LogP contribution is -2.40. The molecule has 2 N–H and O–H groups in total. The van der Waals surface area contributed by atoms with Crippen molar-refractivity contribution in [3.8, 4) is 11.8 Å². The predicted molar refractivity (Wildman–Crippen MR) is 67.6 cm³/mol. The van der Waals surface area contributed by atoms with Crippen molar-refractivity contribution in [2.45, 2.75) is 26.3 Å². The Morgan fingerprint density at radius 1 is 1.41 bits per heavy atom. The van der Waals surface area contributed by atoms with Gasteiger partial charge in [0.2, 0.25) is 0 Å². The van der Waals surface area contributed by atoms with Crippen LogP contribution >= 0.6 is 0 Å². The van der Waals surface area contributed by atoms with Crippen molar-refractivity contribution in [1.82, 2.24) is 5.32 Å². The molecule has 0 saturated carbocycles. The van der Waals surface area contributed by atoms with Gasteiger partial charge in [0.1, 0.15) is 6.61 Å². The molecule has 0 saturated heterocycles. The van der Waals surface area contributed by atoms with Crippen LogP contribution in [0.15, 0.2) is 24.3 Å². The first-order valence-electron chi connectivity index (χ1n) is 5.45. The maximum atomic E-state index is 11.9. The van der Waals surface area contributed by atoms with E-state index in [0.717, 1.165) is 5.56 Å². The molecule has 0 heterocycles. The molecule has 0 aliphatic rings. The Labute approximate surface area is 102 Å². The van der Waals surface area contributed by atoms with Gasteiger partial charge in [0.25, 0.3) is 5.91 Å².